The molecule has 0 aromatic heterocycles. The van der Waals surface area contributed by atoms with E-state index in [2.05, 4.69) is 0 Å². The van der Waals surface area contributed by atoms with Gasteiger partial charge in [0.2, 0.25) is 5.91 Å². The van der Waals surface area contributed by atoms with E-state index in [1.807, 2.05) is 5.32 Å². The second-order valence-electron chi connectivity index (χ2n) is 8.60. The van der Waals surface area contributed by atoms with Gasteiger partial charge in [-0.15, -0.1) is 0 Å². The second kappa shape index (κ2) is 10.9. The van der Waals surface area contributed by atoms with Gasteiger partial charge in [0.15, 0.2) is 0 Å². The SMILES string of the molecule is O=C(O)Nc1ccc2c(c1)N(S(=O)(=O)c1cccc(C(F)(F)F)c1)CC(CC(=O)NS(=O)(=O)c1cccc(F)c1)O2. The number of hydrogen-bond acceptors (Lipinski definition) is 7. The summed E-state index contributed by atoms with van der Waals surface area (Å²) in [6.45, 7) is -0.671. The minimum absolute atomic E-state index is 0.0959. The van der Waals surface area contributed by atoms with Crippen LogP contribution in [0.5, 0.6) is 5.75 Å². The first-order chi connectivity index (χ1) is 19.1. The largest absolute Gasteiger partial charge is 0.486 e. The van der Waals surface area contributed by atoms with Crippen molar-refractivity contribution in [3.63, 3.8) is 0 Å². The Labute approximate surface area is 230 Å². The molecule has 3 aromatic rings. The maximum absolute atomic E-state index is 13.6. The molecule has 3 aromatic carbocycles. The molecule has 0 bridgehead atoms. The van der Waals surface area contributed by atoms with Crippen molar-refractivity contribution in [2.75, 3.05) is 16.2 Å². The third-order valence-corrected chi connectivity index (χ3v) is 8.81. The molecule has 4 rings (SSSR count). The average Bonchev–Trinajstić information content (AvgIpc) is 2.87. The van der Waals surface area contributed by atoms with Gasteiger partial charge in [0, 0.05) is 5.69 Å². The smallest absolute Gasteiger partial charge is 0.416 e. The van der Waals surface area contributed by atoms with Crippen molar-refractivity contribution in [3.05, 3.63) is 78.1 Å². The zero-order chi connectivity index (χ0) is 30.2. The first-order valence-electron chi connectivity index (χ1n) is 11.4. The van der Waals surface area contributed by atoms with Gasteiger partial charge >= 0.3 is 12.3 Å². The average molecular weight is 618 g/mol. The summed E-state index contributed by atoms with van der Waals surface area (Å²) in [5.74, 6) is -2.21. The van der Waals surface area contributed by atoms with Crippen LogP contribution in [0, 0.1) is 5.82 Å². The molecule has 11 nitrogen and oxygen atoms in total. The van der Waals surface area contributed by atoms with Crippen LogP contribution in [0.3, 0.4) is 0 Å². The number of anilines is 2. The van der Waals surface area contributed by atoms with Crippen LogP contribution in [0.2, 0.25) is 0 Å². The standard InChI is InChI=1S/C24H19F4N3O8S2/c25-15-4-2-5-18(10-15)40(35,36)30-22(32)12-17-13-31(20-11-16(29-23(33)34)7-8-21(20)39-17)41(37,38)19-6-1-3-14(9-19)24(26,27)28/h1-11,17,29H,12-13H2,(H,30,32)(H,33,34). The molecule has 1 aliphatic heterocycles. The first kappa shape index (κ1) is 29.6. The Bertz CT molecular complexity index is 1730. The Balaban J connectivity index is 1.67. The predicted molar refractivity (Wildman–Crippen MR) is 135 cm³/mol. The molecule has 218 valence electrons. The van der Waals surface area contributed by atoms with Crippen LogP contribution in [0.25, 0.3) is 0 Å². The predicted octanol–water partition coefficient (Wildman–Crippen LogP) is 3.79. The molecule has 17 heteroatoms. The molecule has 1 atom stereocenters. The Morgan fingerprint density at radius 3 is 2.32 bits per heavy atom. The Morgan fingerprint density at radius 2 is 1.66 bits per heavy atom. The Morgan fingerprint density at radius 1 is 0.976 bits per heavy atom. The summed E-state index contributed by atoms with van der Waals surface area (Å²) >= 11 is 0. The highest BCUT2D eigenvalue weighted by Crippen LogP contribution is 2.40. The summed E-state index contributed by atoms with van der Waals surface area (Å²) in [6.07, 6.45) is -8.43. The second-order valence-corrected chi connectivity index (χ2v) is 12.1. The molecule has 0 aliphatic carbocycles. The number of carboxylic acid groups (broad SMARTS) is 1. The molecule has 1 unspecified atom stereocenters. The van der Waals surface area contributed by atoms with Crippen molar-refractivity contribution in [1.82, 2.24) is 4.72 Å². The normalized spacial score (nSPS) is 15.4. The van der Waals surface area contributed by atoms with Gasteiger partial charge in [-0.3, -0.25) is 14.4 Å². The van der Waals surface area contributed by atoms with Gasteiger partial charge in [0.25, 0.3) is 20.0 Å². The number of hydrogen-bond donors (Lipinski definition) is 3. The van der Waals surface area contributed by atoms with E-state index in [-0.39, 0.29) is 17.1 Å². The highest BCUT2D eigenvalue weighted by molar-refractivity contribution is 7.92. The van der Waals surface area contributed by atoms with Gasteiger partial charge < -0.3 is 9.84 Å². The van der Waals surface area contributed by atoms with Crippen LogP contribution in [0.15, 0.2) is 76.5 Å². The molecule has 41 heavy (non-hydrogen) atoms. The fourth-order valence-corrected chi connectivity index (χ4v) is 6.47. The fraction of sp³-hybridized carbons (Fsp3) is 0.167. The molecule has 3 N–H and O–H groups in total. The molecule has 0 radical (unpaired) electrons. The van der Waals surface area contributed by atoms with E-state index in [1.54, 1.807) is 4.72 Å². The van der Waals surface area contributed by atoms with Gasteiger partial charge in [-0.05, 0) is 54.6 Å². The summed E-state index contributed by atoms with van der Waals surface area (Å²) in [4.78, 5) is 22.4. The minimum Gasteiger partial charge on any atom is -0.486 e. The molecular formula is C24H19F4N3O8S2. The van der Waals surface area contributed by atoms with Gasteiger partial charge in [0.05, 0.1) is 34.0 Å². The van der Waals surface area contributed by atoms with E-state index in [0.29, 0.717) is 22.5 Å². The Kier molecular flexibility index (Phi) is 7.86. The van der Waals surface area contributed by atoms with Crippen LogP contribution in [0.1, 0.15) is 12.0 Å². The zero-order valence-corrected chi connectivity index (χ0v) is 22.1. The van der Waals surface area contributed by atoms with Gasteiger partial charge in [-0.2, -0.15) is 13.2 Å². The van der Waals surface area contributed by atoms with Crippen molar-refractivity contribution in [2.45, 2.75) is 28.5 Å². The number of benzene rings is 3. The topological polar surface area (TPSA) is 159 Å². The number of rotatable bonds is 7. The Hall–Kier alpha value is -4.38. The number of amides is 2. The van der Waals surface area contributed by atoms with Crippen LogP contribution >= 0.6 is 0 Å². The summed E-state index contributed by atoms with van der Waals surface area (Å²) < 4.78 is 113. The number of carbonyl (C=O) groups is 2. The first-order valence-corrected chi connectivity index (χ1v) is 14.3. The molecular weight excluding hydrogens is 598 g/mol. The number of fused-ring (bicyclic) bond motifs is 1. The number of carbonyl (C=O) groups excluding carboxylic acids is 1. The summed E-state index contributed by atoms with van der Waals surface area (Å²) in [5.41, 5.74) is -1.59. The van der Waals surface area contributed by atoms with E-state index < -0.39 is 78.5 Å². The molecule has 2 amide bonds. The van der Waals surface area contributed by atoms with Gasteiger partial charge in [-0.1, -0.05) is 12.1 Å². The van der Waals surface area contributed by atoms with E-state index in [9.17, 15) is 44.0 Å². The monoisotopic (exact) mass is 617 g/mol. The molecule has 0 fully saturated rings. The lowest BCUT2D eigenvalue weighted by atomic mass is 10.1. The molecule has 1 aliphatic rings. The fourth-order valence-electron chi connectivity index (χ4n) is 3.90. The van der Waals surface area contributed by atoms with Crippen molar-refractivity contribution >= 4 is 43.4 Å². The van der Waals surface area contributed by atoms with Gasteiger partial charge in [-0.25, -0.2) is 30.7 Å². The third kappa shape index (κ3) is 6.68. The van der Waals surface area contributed by atoms with Gasteiger partial charge in [0.1, 0.15) is 17.7 Å². The highest BCUT2D eigenvalue weighted by Gasteiger charge is 2.38. The number of ether oxygens (including phenoxy) is 1. The molecule has 0 saturated heterocycles. The molecule has 0 saturated carbocycles. The molecule has 1 heterocycles. The van der Waals surface area contributed by atoms with E-state index in [0.717, 1.165) is 36.4 Å². The van der Waals surface area contributed by atoms with Crippen LogP contribution in [0.4, 0.5) is 33.7 Å². The third-order valence-electron chi connectivity index (χ3n) is 5.66. The van der Waals surface area contributed by atoms with Crippen molar-refractivity contribution < 1.29 is 53.8 Å². The lowest BCUT2D eigenvalue weighted by molar-refractivity contribution is -0.137. The minimum atomic E-state index is -4.86. The van der Waals surface area contributed by atoms with E-state index >= 15 is 0 Å². The van der Waals surface area contributed by atoms with E-state index in [1.165, 1.54) is 12.1 Å². The summed E-state index contributed by atoms with van der Waals surface area (Å²) in [6, 6.07) is 10.2. The molecule has 0 spiro atoms. The number of nitrogens with one attached hydrogen (secondary N) is 2. The summed E-state index contributed by atoms with van der Waals surface area (Å²) in [7, 11) is -9.28. The van der Waals surface area contributed by atoms with Crippen molar-refractivity contribution in [3.8, 4) is 5.75 Å². The number of alkyl halides is 3. The number of nitrogens with zero attached hydrogens (tertiary/aromatic N) is 1. The highest BCUT2D eigenvalue weighted by atomic mass is 32.2. The summed E-state index contributed by atoms with van der Waals surface area (Å²) in [5, 5.41) is 11.0. The van der Waals surface area contributed by atoms with E-state index in [4.69, 9.17) is 9.84 Å². The maximum Gasteiger partial charge on any atom is 0.416 e. The number of halogens is 4. The van der Waals surface area contributed by atoms with Crippen LogP contribution < -0.4 is 19.1 Å². The quantitative estimate of drug-likeness (QED) is 0.338. The van der Waals surface area contributed by atoms with Crippen LogP contribution in [-0.2, 0) is 31.0 Å². The van der Waals surface area contributed by atoms with Crippen molar-refractivity contribution in [2.24, 2.45) is 0 Å². The number of sulfonamides is 2. The maximum atomic E-state index is 13.6. The zero-order valence-electron chi connectivity index (χ0n) is 20.4. The lowest BCUT2D eigenvalue weighted by Crippen LogP contribution is -2.46. The van der Waals surface area contributed by atoms with Crippen LogP contribution in [-0.4, -0.2) is 46.6 Å². The lowest BCUT2D eigenvalue weighted by Gasteiger charge is -2.35. The van der Waals surface area contributed by atoms with Crippen molar-refractivity contribution in [1.29, 1.82) is 0 Å².